The van der Waals surface area contributed by atoms with Gasteiger partial charge in [0.05, 0.1) is 18.5 Å². The molecule has 0 saturated carbocycles. The molecule has 2 amide bonds. The SMILES string of the molecule is NC(=O)C1CCCN(Cc2ccc(NC(=O)C3CC(F)(F)CN3)cc2)C1. The average molecular weight is 366 g/mol. The number of likely N-dealkylation sites (tertiary alicyclic amines) is 1. The summed E-state index contributed by atoms with van der Waals surface area (Å²) in [6.45, 7) is 1.82. The molecule has 26 heavy (non-hydrogen) atoms. The third kappa shape index (κ3) is 4.76. The molecule has 2 heterocycles. The largest absolute Gasteiger partial charge is 0.369 e. The molecule has 0 aliphatic carbocycles. The van der Waals surface area contributed by atoms with E-state index in [0.717, 1.165) is 24.9 Å². The van der Waals surface area contributed by atoms with Crippen molar-refractivity contribution < 1.29 is 18.4 Å². The Hall–Kier alpha value is -2.06. The highest BCUT2D eigenvalue weighted by molar-refractivity contribution is 5.95. The van der Waals surface area contributed by atoms with Crippen molar-refractivity contribution in [1.82, 2.24) is 10.2 Å². The molecule has 142 valence electrons. The number of amides is 2. The van der Waals surface area contributed by atoms with Gasteiger partial charge in [0.1, 0.15) is 0 Å². The summed E-state index contributed by atoms with van der Waals surface area (Å²) in [6, 6.07) is 6.43. The van der Waals surface area contributed by atoms with Crippen molar-refractivity contribution in [3.8, 4) is 0 Å². The van der Waals surface area contributed by atoms with Gasteiger partial charge in [-0.1, -0.05) is 12.1 Å². The molecule has 2 aliphatic rings. The summed E-state index contributed by atoms with van der Waals surface area (Å²) in [5, 5.41) is 5.20. The van der Waals surface area contributed by atoms with Crippen LogP contribution >= 0.6 is 0 Å². The van der Waals surface area contributed by atoms with Gasteiger partial charge in [-0.3, -0.25) is 19.8 Å². The Balaban J connectivity index is 1.52. The predicted octanol–water partition coefficient (Wildman–Crippen LogP) is 1.32. The lowest BCUT2D eigenvalue weighted by atomic mass is 9.97. The Bertz CT molecular complexity index is 666. The van der Waals surface area contributed by atoms with Crippen LogP contribution in [0.3, 0.4) is 0 Å². The van der Waals surface area contributed by atoms with Gasteiger partial charge in [-0.15, -0.1) is 0 Å². The Morgan fingerprint density at radius 1 is 1.31 bits per heavy atom. The number of hydrogen-bond donors (Lipinski definition) is 3. The van der Waals surface area contributed by atoms with E-state index in [2.05, 4.69) is 15.5 Å². The third-order valence-electron chi connectivity index (χ3n) is 4.96. The lowest BCUT2D eigenvalue weighted by molar-refractivity contribution is -0.123. The number of rotatable bonds is 5. The van der Waals surface area contributed by atoms with Gasteiger partial charge in [-0.25, -0.2) is 8.78 Å². The number of nitrogens with zero attached hydrogens (tertiary/aromatic N) is 1. The summed E-state index contributed by atoms with van der Waals surface area (Å²) < 4.78 is 26.3. The summed E-state index contributed by atoms with van der Waals surface area (Å²) in [5.74, 6) is -3.63. The highest BCUT2D eigenvalue weighted by atomic mass is 19.3. The first kappa shape index (κ1) is 18.7. The lowest BCUT2D eigenvalue weighted by Gasteiger charge is -2.31. The molecule has 4 N–H and O–H groups in total. The van der Waals surface area contributed by atoms with Crippen molar-refractivity contribution in [1.29, 1.82) is 0 Å². The molecule has 3 rings (SSSR count). The maximum Gasteiger partial charge on any atom is 0.262 e. The molecule has 6 nitrogen and oxygen atoms in total. The van der Waals surface area contributed by atoms with E-state index in [1.807, 2.05) is 12.1 Å². The number of primary amides is 1. The maximum absolute atomic E-state index is 13.2. The summed E-state index contributed by atoms with van der Waals surface area (Å²) in [4.78, 5) is 25.6. The molecule has 8 heteroatoms. The van der Waals surface area contributed by atoms with Crippen LogP contribution in [0.25, 0.3) is 0 Å². The molecule has 0 spiro atoms. The molecule has 0 bridgehead atoms. The van der Waals surface area contributed by atoms with Crippen LogP contribution in [0.4, 0.5) is 14.5 Å². The number of nitrogens with two attached hydrogens (primary N) is 1. The fraction of sp³-hybridized carbons (Fsp3) is 0.556. The molecular formula is C18H24F2N4O2. The van der Waals surface area contributed by atoms with Crippen LogP contribution in [0.5, 0.6) is 0 Å². The van der Waals surface area contributed by atoms with Crippen LogP contribution in [0, 0.1) is 5.92 Å². The van der Waals surface area contributed by atoms with Crippen LogP contribution in [-0.4, -0.2) is 48.3 Å². The van der Waals surface area contributed by atoms with Gasteiger partial charge in [0.15, 0.2) is 0 Å². The minimum absolute atomic E-state index is 0.0978. The first-order chi connectivity index (χ1) is 12.3. The van der Waals surface area contributed by atoms with E-state index in [0.29, 0.717) is 18.8 Å². The highest BCUT2D eigenvalue weighted by Gasteiger charge is 2.42. The molecular weight excluding hydrogens is 342 g/mol. The van der Waals surface area contributed by atoms with E-state index in [1.165, 1.54) is 0 Å². The van der Waals surface area contributed by atoms with E-state index in [-0.39, 0.29) is 11.8 Å². The lowest BCUT2D eigenvalue weighted by Crippen LogP contribution is -2.40. The summed E-state index contributed by atoms with van der Waals surface area (Å²) in [6.07, 6.45) is 1.30. The predicted molar refractivity (Wildman–Crippen MR) is 93.6 cm³/mol. The molecule has 2 fully saturated rings. The number of piperidine rings is 1. The number of carbonyl (C=O) groups is 2. The van der Waals surface area contributed by atoms with E-state index in [9.17, 15) is 18.4 Å². The molecule has 0 aromatic heterocycles. The highest BCUT2D eigenvalue weighted by Crippen LogP contribution is 2.26. The standard InChI is InChI=1S/C18H24F2N4O2/c19-18(20)8-15(22-11-18)17(26)23-14-5-3-12(4-6-14)9-24-7-1-2-13(10-24)16(21)25/h3-6,13,15,22H,1-2,7-11H2,(H2,21,25)(H,23,26). The van der Waals surface area contributed by atoms with Crippen LogP contribution in [0.1, 0.15) is 24.8 Å². The second kappa shape index (κ2) is 7.67. The van der Waals surface area contributed by atoms with Crippen molar-refractivity contribution in [2.45, 2.75) is 37.8 Å². The quantitative estimate of drug-likeness (QED) is 0.734. The van der Waals surface area contributed by atoms with Gasteiger partial charge in [0.25, 0.3) is 5.92 Å². The van der Waals surface area contributed by atoms with E-state index in [4.69, 9.17) is 5.73 Å². The van der Waals surface area contributed by atoms with Crippen molar-refractivity contribution in [2.24, 2.45) is 11.7 Å². The second-order valence-corrected chi connectivity index (χ2v) is 7.16. The normalized spacial score (nSPS) is 25.8. The molecule has 2 unspecified atom stereocenters. The zero-order valence-corrected chi connectivity index (χ0v) is 14.5. The fourth-order valence-electron chi connectivity index (χ4n) is 3.51. The Morgan fingerprint density at radius 2 is 2.04 bits per heavy atom. The number of halogens is 2. The van der Waals surface area contributed by atoms with Gasteiger partial charge >= 0.3 is 0 Å². The Kier molecular flexibility index (Phi) is 5.52. The molecule has 0 radical (unpaired) electrons. The van der Waals surface area contributed by atoms with Crippen LogP contribution in [-0.2, 0) is 16.1 Å². The van der Waals surface area contributed by atoms with E-state index >= 15 is 0 Å². The Labute approximate surface area is 151 Å². The zero-order valence-electron chi connectivity index (χ0n) is 14.5. The van der Waals surface area contributed by atoms with Crippen LogP contribution in [0.2, 0.25) is 0 Å². The molecule has 1 aromatic carbocycles. The molecule has 2 saturated heterocycles. The summed E-state index contributed by atoms with van der Waals surface area (Å²) >= 11 is 0. The topological polar surface area (TPSA) is 87.5 Å². The van der Waals surface area contributed by atoms with Gasteiger partial charge in [-0.05, 0) is 37.1 Å². The third-order valence-corrected chi connectivity index (χ3v) is 4.96. The molecule has 1 aromatic rings. The first-order valence-corrected chi connectivity index (χ1v) is 8.85. The number of anilines is 1. The van der Waals surface area contributed by atoms with E-state index < -0.39 is 30.8 Å². The smallest absolute Gasteiger partial charge is 0.262 e. The average Bonchev–Trinajstić information content (AvgIpc) is 2.97. The monoisotopic (exact) mass is 366 g/mol. The maximum atomic E-state index is 13.2. The number of hydrogen-bond acceptors (Lipinski definition) is 4. The van der Waals surface area contributed by atoms with Crippen molar-refractivity contribution in [2.75, 3.05) is 25.0 Å². The minimum Gasteiger partial charge on any atom is -0.369 e. The fourth-order valence-corrected chi connectivity index (χ4v) is 3.51. The summed E-state index contributed by atoms with van der Waals surface area (Å²) in [7, 11) is 0. The van der Waals surface area contributed by atoms with E-state index in [1.54, 1.807) is 12.1 Å². The summed E-state index contributed by atoms with van der Waals surface area (Å²) in [5.41, 5.74) is 7.03. The van der Waals surface area contributed by atoms with Crippen LogP contribution < -0.4 is 16.4 Å². The van der Waals surface area contributed by atoms with Crippen molar-refractivity contribution >= 4 is 17.5 Å². The van der Waals surface area contributed by atoms with Gasteiger partial charge < -0.3 is 11.1 Å². The number of carbonyl (C=O) groups excluding carboxylic acids is 2. The van der Waals surface area contributed by atoms with Crippen LogP contribution in [0.15, 0.2) is 24.3 Å². The van der Waals surface area contributed by atoms with Gasteiger partial charge in [0, 0.05) is 25.2 Å². The van der Waals surface area contributed by atoms with Crippen molar-refractivity contribution in [3.63, 3.8) is 0 Å². The number of nitrogens with one attached hydrogen (secondary N) is 2. The first-order valence-electron chi connectivity index (χ1n) is 8.85. The second-order valence-electron chi connectivity index (χ2n) is 7.16. The number of alkyl halides is 2. The molecule has 2 aliphatic heterocycles. The number of benzene rings is 1. The van der Waals surface area contributed by atoms with Crippen molar-refractivity contribution in [3.05, 3.63) is 29.8 Å². The van der Waals surface area contributed by atoms with Gasteiger partial charge in [-0.2, -0.15) is 0 Å². The Morgan fingerprint density at radius 3 is 2.65 bits per heavy atom. The minimum atomic E-state index is -2.83. The zero-order chi connectivity index (χ0) is 18.7. The molecule has 2 atom stereocenters. The van der Waals surface area contributed by atoms with Gasteiger partial charge in [0.2, 0.25) is 11.8 Å².